The van der Waals surface area contributed by atoms with E-state index in [1.807, 2.05) is 42.5 Å². The summed E-state index contributed by atoms with van der Waals surface area (Å²) in [6.07, 6.45) is 0.200. The van der Waals surface area contributed by atoms with Crippen molar-refractivity contribution in [3.63, 3.8) is 0 Å². The number of aliphatic hydroxyl groups is 1. The standard InChI is InChI=1S/C18H18ClNO3/c19-16-10-14(13-4-2-1-3-5-13)6-7-17(16)23-12-18(22)20-9-8-15(21)11-20/h1-7,10,15,21H,8-9,11-12H2/t15-/m1/s1. The maximum Gasteiger partial charge on any atom is 0.260 e. The van der Waals surface area contributed by atoms with E-state index in [0.29, 0.717) is 30.3 Å². The highest BCUT2D eigenvalue weighted by Gasteiger charge is 2.24. The number of likely N-dealkylation sites (tertiary alicyclic amines) is 1. The number of aliphatic hydroxyl groups excluding tert-OH is 1. The van der Waals surface area contributed by atoms with Crippen molar-refractivity contribution in [2.45, 2.75) is 12.5 Å². The van der Waals surface area contributed by atoms with Crippen LogP contribution in [-0.4, -0.2) is 41.7 Å². The van der Waals surface area contributed by atoms with Gasteiger partial charge in [-0.2, -0.15) is 0 Å². The number of rotatable bonds is 4. The lowest BCUT2D eigenvalue weighted by molar-refractivity contribution is -0.132. The number of nitrogens with zero attached hydrogens (tertiary/aromatic N) is 1. The third kappa shape index (κ3) is 3.84. The lowest BCUT2D eigenvalue weighted by atomic mass is 10.1. The van der Waals surface area contributed by atoms with Crippen LogP contribution in [0.25, 0.3) is 11.1 Å². The van der Waals surface area contributed by atoms with Gasteiger partial charge in [0.05, 0.1) is 11.1 Å². The minimum atomic E-state index is -0.423. The van der Waals surface area contributed by atoms with Gasteiger partial charge in [0.2, 0.25) is 0 Å². The number of benzene rings is 2. The normalized spacial score (nSPS) is 17.3. The number of carbonyl (C=O) groups excluding carboxylic acids is 1. The lowest BCUT2D eigenvalue weighted by Crippen LogP contribution is -2.33. The Morgan fingerprint density at radius 1 is 1.22 bits per heavy atom. The molecule has 3 rings (SSSR count). The van der Waals surface area contributed by atoms with Crippen molar-refractivity contribution in [3.8, 4) is 16.9 Å². The van der Waals surface area contributed by atoms with E-state index in [2.05, 4.69) is 0 Å². The van der Waals surface area contributed by atoms with E-state index in [1.165, 1.54) is 0 Å². The lowest BCUT2D eigenvalue weighted by Gasteiger charge is -2.16. The minimum Gasteiger partial charge on any atom is -0.482 e. The highest BCUT2D eigenvalue weighted by Crippen LogP contribution is 2.30. The Morgan fingerprint density at radius 3 is 2.65 bits per heavy atom. The molecule has 0 aromatic heterocycles. The van der Waals surface area contributed by atoms with Crippen LogP contribution in [0, 0.1) is 0 Å². The SMILES string of the molecule is O=C(COc1ccc(-c2ccccc2)cc1Cl)N1CC[C@@H](O)C1. The van der Waals surface area contributed by atoms with Gasteiger partial charge in [-0.25, -0.2) is 0 Å². The Balaban J connectivity index is 1.64. The zero-order valence-corrected chi connectivity index (χ0v) is 13.4. The summed E-state index contributed by atoms with van der Waals surface area (Å²) in [5.74, 6) is 0.351. The van der Waals surface area contributed by atoms with Gasteiger partial charge in [-0.15, -0.1) is 0 Å². The molecule has 1 heterocycles. The predicted octanol–water partition coefficient (Wildman–Crippen LogP) is 2.98. The van der Waals surface area contributed by atoms with E-state index in [-0.39, 0.29) is 12.5 Å². The van der Waals surface area contributed by atoms with E-state index in [4.69, 9.17) is 16.3 Å². The molecular weight excluding hydrogens is 314 g/mol. The number of hydrogen-bond donors (Lipinski definition) is 1. The summed E-state index contributed by atoms with van der Waals surface area (Å²) in [5, 5.41) is 9.93. The quantitative estimate of drug-likeness (QED) is 0.937. The van der Waals surface area contributed by atoms with Gasteiger partial charge < -0.3 is 14.7 Å². The predicted molar refractivity (Wildman–Crippen MR) is 89.6 cm³/mol. The summed E-state index contributed by atoms with van der Waals surface area (Å²) in [4.78, 5) is 13.6. The molecule has 4 nitrogen and oxygen atoms in total. The van der Waals surface area contributed by atoms with Crippen LogP contribution in [0.4, 0.5) is 0 Å². The fourth-order valence-electron chi connectivity index (χ4n) is 2.63. The van der Waals surface area contributed by atoms with Gasteiger partial charge in [-0.05, 0) is 29.7 Å². The van der Waals surface area contributed by atoms with Crippen LogP contribution >= 0.6 is 11.6 Å². The Kier molecular flexibility index (Phi) is 4.84. The number of ether oxygens (including phenoxy) is 1. The number of halogens is 1. The molecule has 2 aromatic carbocycles. The number of β-amino-alcohol motifs (C(OH)–C–C–N with tert-alkyl or cyclic N) is 1. The zero-order valence-electron chi connectivity index (χ0n) is 12.6. The van der Waals surface area contributed by atoms with E-state index in [9.17, 15) is 9.90 Å². The van der Waals surface area contributed by atoms with Crippen molar-refractivity contribution in [2.75, 3.05) is 19.7 Å². The van der Waals surface area contributed by atoms with Crippen LogP contribution in [0.5, 0.6) is 5.75 Å². The van der Waals surface area contributed by atoms with E-state index in [0.717, 1.165) is 11.1 Å². The van der Waals surface area contributed by atoms with Crippen LogP contribution in [0.15, 0.2) is 48.5 Å². The molecule has 1 atom stereocenters. The monoisotopic (exact) mass is 331 g/mol. The van der Waals surface area contributed by atoms with Crippen LogP contribution in [-0.2, 0) is 4.79 Å². The first kappa shape index (κ1) is 15.8. The van der Waals surface area contributed by atoms with Gasteiger partial charge in [0.25, 0.3) is 5.91 Å². The second-order valence-corrected chi connectivity index (χ2v) is 5.99. The van der Waals surface area contributed by atoms with Crippen molar-refractivity contribution in [1.29, 1.82) is 0 Å². The van der Waals surface area contributed by atoms with Crippen molar-refractivity contribution >= 4 is 17.5 Å². The fourth-order valence-corrected chi connectivity index (χ4v) is 2.86. The molecule has 1 amide bonds. The summed E-state index contributed by atoms with van der Waals surface area (Å²) in [6.45, 7) is 0.879. The van der Waals surface area contributed by atoms with Crippen molar-refractivity contribution < 1.29 is 14.6 Å². The molecule has 1 aliphatic rings. The first-order chi connectivity index (χ1) is 11.1. The maximum atomic E-state index is 12.0. The molecule has 5 heteroatoms. The van der Waals surface area contributed by atoms with Crippen molar-refractivity contribution in [3.05, 3.63) is 53.6 Å². The molecule has 120 valence electrons. The Morgan fingerprint density at radius 2 is 2.00 bits per heavy atom. The van der Waals surface area contributed by atoms with E-state index < -0.39 is 6.10 Å². The van der Waals surface area contributed by atoms with Gasteiger partial charge in [0, 0.05) is 13.1 Å². The molecule has 0 spiro atoms. The molecule has 0 unspecified atom stereocenters. The topological polar surface area (TPSA) is 49.8 Å². The van der Waals surface area contributed by atoms with E-state index >= 15 is 0 Å². The molecule has 1 fully saturated rings. The van der Waals surface area contributed by atoms with Crippen LogP contribution in [0.2, 0.25) is 5.02 Å². The minimum absolute atomic E-state index is 0.0723. The van der Waals surface area contributed by atoms with Crippen molar-refractivity contribution in [2.24, 2.45) is 0 Å². The average Bonchev–Trinajstić information content (AvgIpc) is 3.01. The summed E-state index contributed by atoms with van der Waals surface area (Å²) in [7, 11) is 0. The smallest absolute Gasteiger partial charge is 0.260 e. The van der Waals surface area contributed by atoms with Gasteiger partial charge in [-0.1, -0.05) is 48.0 Å². The Bertz CT molecular complexity index is 690. The van der Waals surface area contributed by atoms with Gasteiger partial charge in [0.15, 0.2) is 6.61 Å². The van der Waals surface area contributed by atoms with Crippen LogP contribution < -0.4 is 4.74 Å². The third-order valence-electron chi connectivity index (χ3n) is 3.91. The molecule has 0 bridgehead atoms. The number of amides is 1. The molecule has 23 heavy (non-hydrogen) atoms. The maximum absolute atomic E-state index is 12.0. The molecule has 1 aliphatic heterocycles. The summed E-state index contributed by atoms with van der Waals surface area (Å²) in [6, 6.07) is 15.4. The largest absolute Gasteiger partial charge is 0.482 e. The third-order valence-corrected chi connectivity index (χ3v) is 4.20. The summed E-state index contributed by atoms with van der Waals surface area (Å²) >= 11 is 6.26. The van der Waals surface area contributed by atoms with Crippen molar-refractivity contribution in [1.82, 2.24) is 4.90 Å². The molecule has 0 radical (unpaired) electrons. The highest BCUT2D eigenvalue weighted by atomic mass is 35.5. The molecule has 1 N–H and O–H groups in total. The molecule has 0 aliphatic carbocycles. The van der Waals surface area contributed by atoms with Gasteiger partial charge >= 0.3 is 0 Å². The van der Waals surface area contributed by atoms with Gasteiger partial charge in [-0.3, -0.25) is 4.79 Å². The number of carbonyl (C=O) groups is 1. The van der Waals surface area contributed by atoms with Crippen LogP contribution in [0.3, 0.4) is 0 Å². The number of hydrogen-bond acceptors (Lipinski definition) is 3. The second-order valence-electron chi connectivity index (χ2n) is 5.58. The molecule has 2 aromatic rings. The zero-order chi connectivity index (χ0) is 16.2. The van der Waals surface area contributed by atoms with E-state index in [1.54, 1.807) is 11.0 Å². The Hall–Kier alpha value is -2.04. The van der Waals surface area contributed by atoms with Gasteiger partial charge in [0.1, 0.15) is 5.75 Å². The first-order valence-corrected chi connectivity index (χ1v) is 7.95. The molecular formula is C18H18ClNO3. The van der Waals surface area contributed by atoms with Crippen LogP contribution in [0.1, 0.15) is 6.42 Å². The summed E-state index contributed by atoms with van der Waals surface area (Å²) < 4.78 is 5.53. The Labute approximate surface area is 140 Å². The average molecular weight is 332 g/mol. The fraction of sp³-hybridized carbons (Fsp3) is 0.278. The second kappa shape index (κ2) is 7.02. The summed E-state index contributed by atoms with van der Waals surface area (Å²) in [5.41, 5.74) is 2.07. The first-order valence-electron chi connectivity index (χ1n) is 7.57. The molecule has 0 saturated carbocycles. The molecule has 1 saturated heterocycles. The highest BCUT2D eigenvalue weighted by molar-refractivity contribution is 6.32.